The van der Waals surface area contributed by atoms with Gasteiger partial charge in [0.1, 0.15) is 0 Å². The van der Waals surface area contributed by atoms with E-state index in [4.69, 9.17) is 0 Å². The van der Waals surface area contributed by atoms with Crippen molar-refractivity contribution in [1.82, 2.24) is 15.6 Å². The summed E-state index contributed by atoms with van der Waals surface area (Å²) >= 11 is 1.64. The van der Waals surface area contributed by atoms with Crippen LogP contribution in [0.2, 0.25) is 0 Å². The zero-order valence-corrected chi connectivity index (χ0v) is 17.8. The number of aliphatic imine (C=N–C) groups is 1. The third-order valence-electron chi connectivity index (χ3n) is 3.32. The van der Waals surface area contributed by atoms with Gasteiger partial charge in [-0.25, -0.2) is 9.98 Å². The van der Waals surface area contributed by atoms with E-state index in [-0.39, 0.29) is 30.0 Å². The Labute approximate surface area is 165 Å². The fourth-order valence-corrected chi connectivity index (χ4v) is 2.83. The van der Waals surface area contributed by atoms with Crippen LogP contribution in [0.4, 0.5) is 5.13 Å². The minimum absolute atomic E-state index is 0. The van der Waals surface area contributed by atoms with E-state index in [9.17, 15) is 0 Å². The summed E-state index contributed by atoms with van der Waals surface area (Å²) in [5.41, 5.74) is 2.23. The summed E-state index contributed by atoms with van der Waals surface area (Å²) in [6.45, 7) is 5.60. The molecule has 0 radical (unpaired) electrons. The van der Waals surface area contributed by atoms with Crippen molar-refractivity contribution in [3.05, 3.63) is 47.0 Å². The first-order valence-electron chi connectivity index (χ1n) is 7.81. The van der Waals surface area contributed by atoms with E-state index in [1.165, 1.54) is 5.56 Å². The summed E-state index contributed by atoms with van der Waals surface area (Å²) in [6.07, 6.45) is 0. The Morgan fingerprint density at radius 2 is 2.00 bits per heavy atom. The van der Waals surface area contributed by atoms with Gasteiger partial charge in [0.05, 0.1) is 18.3 Å². The quantitative estimate of drug-likeness (QED) is 0.394. The average molecular weight is 459 g/mol. The first kappa shape index (κ1) is 20.7. The number of aromatic nitrogens is 1. The largest absolute Gasteiger partial charge is 0.357 e. The molecule has 5 nitrogen and oxygen atoms in total. The molecule has 2 rings (SSSR count). The number of hydrogen-bond acceptors (Lipinski definition) is 4. The molecule has 0 aliphatic carbocycles. The van der Waals surface area contributed by atoms with Gasteiger partial charge in [-0.15, -0.1) is 35.3 Å². The van der Waals surface area contributed by atoms with Crippen molar-refractivity contribution in [2.45, 2.75) is 26.4 Å². The van der Waals surface area contributed by atoms with Crippen molar-refractivity contribution in [2.75, 3.05) is 25.5 Å². The number of thiazole rings is 1. The molecule has 132 valence electrons. The predicted molar refractivity (Wildman–Crippen MR) is 115 cm³/mol. The van der Waals surface area contributed by atoms with Crippen LogP contribution in [-0.2, 0) is 6.54 Å². The Bertz CT molecular complexity index is 627. The zero-order chi connectivity index (χ0) is 16.7. The summed E-state index contributed by atoms with van der Waals surface area (Å²) in [4.78, 5) is 11.2. The second-order valence-electron chi connectivity index (χ2n) is 5.49. The maximum atomic E-state index is 4.64. The van der Waals surface area contributed by atoms with Crippen LogP contribution in [0.3, 0.4) is 0 Å². The Morgan fingerprint density at radius 3 is 2.58 bits per heavy atom. The van der Waals surface area contributed by atoms with E-state index in [0.717, 1.165) is 23.3 Å². The second-order valence-corrected chi connectivity index (χ2v) is 6.32. The third-order valence-corrected chi connectivity index (χ3v) is 4.38. The van der Waals surface area contributed by atoms with Crippen LogP contribution in [0.15, 0.2) is 40.7 Å². The topological polar surface area (TPSA) is 52.6 Å². The number of hydrogen-bond donors (Lipinski definition) is 2. The molecule has 0 amide bonds. The van der Waals surface area contributed by atoms with E-state index < -0.39 is 0 Å². The number of benzene rings is 1. The number of nitrogens with zero attached hydrogens (tertiary/aromatic N) is 3. The number of guanidine groups is 1. The molecule has 7 heteroatoms. The first-order chi connectivity index (χ1) is 11.1. The van der Waals surface area contributed by atoms with Gasteiger partial charge < -0.3 is 15.5 Å². The molecular formula is C17H26IN5S. The van der Waals surface area contributed by atoms with Gasteiger partial charge in [0.2, 0.25) is 0 Å². The third kappa shape index (κ3) is 6.27. The molecule has 24 heavy (non-hydrogen) atoms. The molecule has 0 saturated heterocycles. The lowest BCUT2D eigenvalue weighted by Crippen LogP contribution is -2.38. The molecule has 1 aromatic carbocycles. The van der Waals surface area contributed by atoms with E-state index in [1.807, 2.05) is 25.1 Å². The van der Waals surface area contributed by atoms with Crippen LogP contribution in [0.25, 0.3) is 0 Å². The van der Waals surface area contributed by atoms with Gasteiger partial charge in [-0.1, -0.05) is 30.3 Å². The minimum Gasteiger partial charge on any atom is -0.357 e. The summed E-state index contributed by atoms with van der Waals surface area (Å²) < 4.78 is 0. The van der Waals surface area contributed by atoms with Gasteiger partial charge >= 0.3 is 0 Å². The highest BCUT2D eigenvalue weighted by Crippen LogP contribution is 2.18. The number of rotatable bonds is 6. The van der Waals surface area contributed by atoms with Crippen LogP contribution in [0.5, 0.6) is 0 Å². The molecule has 1 heterocycles. The van der Waals surface area contributed by atoms with Crippen LogP contribution in [0, 0.1) is 0 Å². The van der Waals surface area contributed by atoms with E-state index in [1.54, 1.807) is 11.3 Å². The molecule has 2 aromatic rings. The van der Waals surface area contributed by atoms with Gasteiger partial charge in [0.25, 0.3) is 0 Å². The summed E-state index contributed by atoms with van der Waals surface area (Å²) in [7, 11) is 4.00. The monoisotopic (exact) mass is 459 g/mol. The molecule has 1 aromatic heterocycles. The maximum Gasteiger partial charge on any atom is 0.192 e. The van der Waals surface area contributed by atoms with Crippen molar-refractivity contribution in [3.8, 4) is 0 Å². The van der Waals surface area contributed by atoms with Crippen molar-refractivity contribution >= 4 is 46.4 Å². The molecule has 0 bridgehead atoms. The fraction of sp³-hybridized carbons (Fsp3) is 0.412. The SMILES string of the molecule is CCNC(=NCc1csc(N(C)C)n1)NC(C)c1ccccc1.I. The normalized spacial score (nSPS) is 12.2. The van der Waals surface area contributed by atoms with Crippen LogP contribution in [-0.4, -0.2) is 31.6 Å². The Hall–Kier alpha value is -1.35. The summed E-state index contributed by atoms with van der Waals surface area (Å²) in [6, 6.07) is 10.6. The highest BCUT2D eigenvalue weighted by Gasteiger charge is 2.08. The molecule has 0 aliphatic rings. The first-order valence-corrected chi connectivity index (χ1v) is 8.69. The Morgan fingerprint density at radius 1 is 1.29 bits per heavy atom. The lowest BCUT2D eigenvalue weighted by Gasteiger charge is -2.18. The zero-order valence-electron chi connectivity index (χ0n) is 14.6. The lowest BCUT2D eigenvalue weighted by molar-refractivity contribution is 0.686. The molecule has 0 spiro atoms. The molecule has 1 unspecified atom stereocenters. The number of halogens is 1. The minimum atomic E-state index is 0. The highest BCUT2D eigenvalue weighted by molar-refractivity contribution is 14.0. The molecule has 0 aliphatic heterocycles. The van der Waals surface area contributed by atoms with E-state index in [0.29, 0.717) is 6.54 Å². The predicted octanol–water partition coefficient (Wildman–Crippen LogP) is 3.64. The summed E-state index contributed by atoms with van der Waals surface area (Å²) in [5, 5.41) is 9.79. The van der Waals surface area contributed by atoms with E-state index in [2.05, 4.69) is 64.1 Å². The molecule has 2 N–H and O–H groups in total. The smallest absolute Gasteiger partial charge is 0.192 e. The molecule has 0 saturated carbocycles. The van der Waals surface area contributed by atoms with Gasteiger partial charge in [0, 0.05) is 26.0 Å². The molecule has 1 atom stereocenters. The van der Waals surface area contributed by atoms with Crippen LogP contribution >= 0.6 is 35.3 Å². The summed E-state index contributed by atoms with van der Waals surface area (Å²) in [5.74, 6) is 0.809. The van der Waals surface area contributed by atoms with Crippen molar-refractivity contribution in [3.63, 3.8) is 0 Å². The van der Waals surface area contributed by atoms with Crippen LogP contribution < -0.4 is 15.5 Å². The van der Waals surface area contributed by atoms with Crippen molar-refractivity contribution < 1.29 is 0 Å². The van der Waals surface area contributed by atoms with Gasteiger partial charge in [-0.3, -0.25) is 0 Å². The fourth-order valence-electron chi connectivity index (χ4n) is 2.08. The maximum absolute atomic E-state index is 4.64. The standard InChI is InChI=1S/C17H25N5S.HI/c1-5-18-16(20-13(2)14-9-7-6-8-10-14)19-11-15-12-23-17(21-15)22(3)4;/h6-10,12-13H,5,11H2,1-4H3,(H2,18,19,20);1H. The van der Waals surface area contributed by atoms with Crippen molar-refractivity contribution in [2.24, 2.45) is 4.99 Å². The Balaban J connectivity index is 0.00000288. The van der Waals surface area contributed by atoms with Gasteiger partial charge in [0.15, 0.2) is 11.1 Å². The lowest BCUT2D eigenvalue weighted by atomic mass is 10.1. The Kier molecular flexibility index (Phi) is 9.05. The van der Waals surface area contributed by atoms with E-state index >= 15 is 0 Å². The molecular weight excluding hydrogens is 433 g/mol. The number of nitrogens with one attached hydrogen (secondary N) is 2. The highest BCUT2D eigenvalue weighted by atomic mass is 127. The second kappa shape index (κ2) is 10.5. The van der Waals surface area contributed by atoms with Crippen molar-refractivity contribution in [1.29, 1.82) is 0 Å². The van der Waals surface area contributed by atoms with Gasteiger partial charge in [-0.05, 0) is 19.4 Å². The average Bonchev–Trinajstić information content (AvgIpc) is 3.03. The van der Waals surface area contributed by atoms with Crippen LogP contribution in [0.1, 0.15) is 31.1 Å². The molecule has 0 fully saturated rings. The van der Waals surface area contributed by atoms with Gasteiger partial charge in [-0.2, -0.15) is 0 Å². The number of anilines is 1.